The summed E-state index contributed by atoms with van der Waals surface area (Å²) in [4.78, 5) is 37.7. The van der Waals surface area contributed by atoms with Crippen LogP contribution in [0.2, 0.25) is 0 Å². The average Bonchev–Trinajstić information content (AvgIpc) is 3.24. The van der Waals surface area contributed by atoms with Gasteiger partial charge in [-0.05, 0) is 32.8 Å². The fourth-order valence-electron chi connectivity index (χ4n) is 3.62. The van der Waals surface area contributed by atoms with E-state index < -0.39 is 12.1 Å². The average molecular weight is 406 g/mol. The van der Waals surface area contributed by atoms with Gasteiger partial charge in [-0.15, -0.1) is 11.3 Å². The molecular weight excluding hydrogens is 378 g/mol. The fraction of sp³-hybridized carbons (Fsp3) is 0.579. The van der Waals surface area contributed by atoms with Crippen molar-refractivity contribution in [1.82, 2.24) is 15.5 Å². The summed E-state index contributed by atoms with van der Waals surface area (Å²) in [5.41, 5.74) is 1.17. The molecule has 1 aliphatic heterocycles. The molecule has 1 aromatic rings. The number of hydrogen-bond acceptors (Lipinski definition) is 6. The van der Waals surface area contributed by atoms with Crippen molar-refractivity contribution in [3.8, 4) is 0 Å². The van der Waals surface area contributed by atoms with Gasteiger partial charge in [0, 0.05) is 23.9 Å². The molecule has 0 bridgehead atoms. The van der Waals surface area contributed by atoms with E-state index in [1.165, 1.54) is 30.6 Å². The standard InChI is InChI=1S/C19H27N5O3S/c1-11(24-16(25)10-22-19(24)27)9-21-17(26)15-8-14(12(2)20)18(28-15)23-13-6-4-3-5-7-13/h8,11,13,20,23H,3-7,9-10H2,1-2H3,(H,21,26)(H,22,27)/t11-/m1/s1. The molecular formula is C19H27N5O3S. The van der Waals surface area contributed by atoms with E-state index in [4.69, 9.17) is 5.41 Å². The van der Waals surface area contributed by atoms with Gasteiger partial charge in [0.1, 0.15) is 0 Å². The Kier molecular flexibility index (Phi) is 6.33. The van der Waals surface area contributed by atoms with Crippen LogP contribution in [0.25, 0.3) is 0 Å². The number of nitrogens with one attached hydrogen (secondary N) is 4. The number of carbonyl (C=O) groups excluding carboxylic acids is 3. The SMILES string of the molecule is CC(=N)c1cc(C(=O)NC[C@@H](C)N2C(=O)CNC2=O)sc1NC1CCCCC1. The third-order valence-electron chi connectivity index (χ3n) is 5.18. The van der Waals surface area contributed by atoms with Gasteiger partial charge in [-0.2, -0.15) is 0 Å². The van der Waals surface area contributed by atoms with Crippen LogP contribution in [0.4, 0.5) is 9.80 Å². The number of hydrogen-bond donors (Lipinski definition) is 4. The van der Waals surface area contributed by atoms with Crippen LogP contribution in [0.5, 0.6) is 0 Å². The van der Waals surface area contributed by atoms with Crippen molar-refractivity contribution >= 4 is 39.9 Å². The molecule has 0 spiro atoms. The number of urea groups is 1. The van der Waals surface area contributed by atoms with E-state index in [9.17, 15) is 14.4 Å². The molecule has 2 heterocycles. The van der Waals surface area contributed by atoms with Gasteiger partial charge in [-0.1, -0.05) is 19.3 Å². The Balaban J connectivity index is 1.64. The second kappa shape index (κ2) is 8.72. The molecule has 0 unspecified atom stereocenters. The molecule has 152 valence electrons. The third kappa shape index (κ3) is 4.52. The number of anilines is 1. The van der Waals surface area contributed by atoms with Gasteiger partial charge in [0.05, 0.1) is 22.5 Å². The minimum absolute atomic E-state index is 0.000210. The van der Waals surface area contributed by atoms with Crippen LogP contribution < -0.4 is 16.0 Å². The van der Waals surface area contributed by atoms with Gasteiger partial charge in [0.25, 0.3) is 5.91 Å². The summed E-state index contributed by atoms with van der Waals surface area (Å²) in [5, 5.41) is 17.7. The van der Waals surface area contributed by atoms with Crippen molar-refractivity contribution < 1.29 is 14.4 Å². The molecule has 2 aliphatic rings. The lowest BCUT2D eigenvalue weighted by Crippen LogP contribution is -2.45. The van der Waals surface area contributed by atoms with Crippen molar-refractivity contribution in [2.24, 2.45) is 0 Å². The summed E-state index contributed by atoms with van der Waals surface area (Å²) in [6, 6.07) is 1.28. The van der Waals surface area contributed by atoms with Crippen LogP contribution >= 0.6 is 11.3 Å². The van der Waals surface area contributed by atoms with Crippen molar-refractivity contribution in [2.45, 2.75) is 58.0 Å². The van der Waals surface area contributed by atoms with Gasteiger partial charge < -0.3 is 21.4 Å². The van der Waals surface area contributed by atoms with E-state index in [-0.39, 0.29) is 24.9 Å². The largest absolute Gasteiger partial charge is 0.374 e. The Hall–Kier alpha value is -2.42. The minimum Gasteiger partial charge on any atom is -0.374 e. The highest BCUT2D eigenvalue weighted by molar-refractivity contribution is 7.18. The molecule has 1 atom stereocenters. The van der Waals surface area contributed by atoms with Crippen LogP contribution in [0, 0.1) is 5.41 Å². The Morgan fingerprint density at radius 1 is 1.36 bits per heavy atom. The number of imide groups is 1. The maximum atomic E-state index is 12.6. The van der Waals surface area contributed by atoms with E-state index in [0.717, 1.165) is 28.3 Å². The first-order valence-electron chi connectivity index (χ1n) is 9.70. The highest BCUT2D eigenvalue weighted by Gasteiger charge is 2.32. The molecule has 2 fully saturated rings. The van der Waals surface area contributed by atoms with Crippen LogP contribution in [0.15, 0.2) is 6.07 Å². The summed E-state index contributed by atoms with van der Waals surface area (Å²) in [6.45, 7) is 3.62. The molecule has 8 nitrogen and oxygen atoms in total. The number of carbonyl (C=O) groups is 3. The first kappa shape index (κ1) is 20.3. The molecule has 0 radical (unpaired) electrons. The molecule has 1 aromatic heterocycles. The Morgan fingerprint density at radius 2 is 2.07 bits per heavy atom. The van der Waals surface area contributed by atoms with Crippen LogP contribution in [-0.4, -0.2) is 53.6 Å². The lowest BCUT2D eigenvalue weighted by molar-refractivity contribution is -0.126. The fourth-order valence-corrected chi connectivity index (χ4v) is 4.73. The second-order valence-corrected chi connectivity index (χ2v) is 8.49. The summed E-state index contributed by atoms with van der Waals surface area (Å²) in [6.07, 6.45) is 5.90. The van der Waals surface area contributed by atoms with Crippen molar-refractivity contribution in [3.05, 3.63) is 16.5 Å². The van der Waals surface area contributed by atoms with Gasteiger partial charge >= 0.3 is 6.03 Å². The maximum absolute atomic E-state index is 12.6. The predicted molar refractivity (Wildman–Crippen MR) is 109 cm³/mol. The molecule has 4 N–H and O–H groups in total. The Labute approximate surface area is 168 Å². The number of rotatable bonds is 7. The molecule has 28 heavy (non-hydrogen) atoms. The van der Waals surface area contributed by atoms with Gasteiger partial charge in [-0.25, -0.2) is 4.79 Å². The van der Waals surface area contributed by atoms with Crippen molar-refractivity contribution in [1.29, 1.82) is 5.41 Å². The van der Waals surface area contributed by atoms with Crippen molar-refractivity contribution in [3.63, 3.8) is 0 Å². The highest BCUT2D eigenvalue weighted by Crippen LogP contribution is 2.31. The second-order valence-electron chi connectivity index (χ2n) is 7.44. The lowest BCUT2D eigenvalue weighted by Gasteiger charge is -2.23. The van der Waals surface area contributed by atoms with Crippen LogP contribution in [0.1, 0.15) is 61.2 Å². The van der Waals surface area contributed by atoms with E-state index in [1.807, 2.05) is 0 Å². The zero-order chi connectivity index (χ0) is 20.3. The van der Waals surface area contributed by atoms with Crippen LogP contribution in [-0.2, 0) is 4.79 Å². The summed E-state index contributed by atoms with van der Waals surface area (Å²) in [5.74, 6) is -0.549. The first-order valence-corrected chi connectivity index (χ1v) is 10.5. The highest BCUT2D eigenvalue weighted by atomic mass is 32.1. The minimum atomic E-state index is -0.428. The number of amides is 4. The predicted octanol–water partition coefficient (Wildman–Crippen LogP) is 2.55. The summed E-state index contributed by atoms with van der Waals surface area (Å²) >= 11 is 1.35. The van der Waals surface area contributed by atoms with E-state index in [0.29, 0.717) is 16.6 Å². The Bertz CT molecular complexity index is 769. The van der Waals surface area contributed by atoms with E-state index >= 15 is 0 Å². The van der Waals surface area contributed by atoms with Crippen LogP contribution in [0.3, 0.4) is 0 Å². The molecule has 4 amide bonds. The van der Waals surface area contributed by atoms with Gasteiger partial charge in [0.15, 0.2) is 0 Å². The molecule has 1 saturated carbocycles. The zero-order valence-electron chi connectivity index (χ0n) is 16.3. The summed E-state index contributed by atoms with van der Waals surface area (Å²) in [7, 11) is 0. The quantitative estimate of drug-likeness (QED) is 0.412. The van der Waals surface area contributed by atoms with E-state index in [1.54, 1.807) is 19.9 Å². The molecule has 3 rings (SSSR count). The van der Waals surface area contributed by atoms with Crippen molar-refractivity contribution in [2.75, 3.05) is 18.4 Å². The smallest absolute Gasteiger partial charge is 0.324 e. The van der Waals surface area contributed by atoms with Gasteiger partial charge in [0.2, 0.25) is 5.91 Å². The first-order chi connectivity index (χ1) is 13.4. The normalized spacial score (nSPS) is 18.7. The zero-order valence-corrected chi connectivity index (χ0v) is 17.1. The monoisotopic (exact) mass is 405 g/mol. The number of thiophene rings is 1. The third-order valence-corrected chi connectivity index (χ3v) is 6.24. The molecule has 0 aromatic carbocycles. The molecule has 1 aliphatic carbocycles. The maximum Gasteiger partial charge on any atom is 0.324 e. The van der Waals surface area contributed by atoms with Gasteiger partial charge in [-0.3, -0.25) is 14.5 Å². The van der Waals surface area contributed by atoms with E-state index in [2.05, 4.69) is 16.0 Å². The lowest BCUT2D eigenvalue weighted by atomic mass is 9.95. The Morgan fingerprint density at radius 3 is 2.68 bits per heavy atom. The number of nitrogens with zero attached hydrogens (tertiary/aromatic N) is 1. The molecule has 9 heteroatoms. The molecule has 1 saturated heterocycles. The topological polar surface area (TPSA) is 114 Å². The summed E-state index contributed by atoms with van der Waals surface area (Å²) < 4.78 is 0.